The van der Waals surface area contributed by atoms with E-state index in [1.54, 1.807) is 10.6 Å². The lowest BCUT2D eigenvalue weighted by atomic mass is 10.2. The van der Waals surface area contributed by atoms with Crippen molar-refractivity contribution in [2.75, 3.05) is 5.32 Å². The van der Waals surface area contributed by atoms with Crippen LogP contribution in [0.1, 0.15) is 18.5 Å². The number of ether oxygens (including phenoxy) is 1. The first-order valence-corrected chi connectivity index (χ1v) is 9.27. The number of nitrogens with one attached hydrogen (secondary N) is 1. The van der Waals surface area contributed by atoms with Crippen LogP contribution in [-0.4, -0.2) is 10.5 Å². The number of carbonyl (C=O) groups is 1. The number of thiazole rings is 1. The van der Waals surface area contributed by atoms with Crippen LogP contribution in [-0.2, 0) is 11.3 Å². The van der Waals surface area contributed by atoms with Crippen molar-refractivity contribution in [3.63, 3.8) is 0 Å². The molecule has 0 aliphatic carbocycles. The van der Waals surface area contributed by atoms with Gasteiger partial charge in [-0.25, -0.2) is 0 Å². The van der Waals surface area contributed by atoms with Crippen molar-refractivity contribution in [2.45, 2.75) is 26.3 Å². The van der Waals surface area contributed by atoms with E-state index in [0.29, 0.717) is 30.8 Å². The van der Waals surface area contributed by atoms with Gasteiger partial charge < -0.3 is 14.6 Å². The predicted molar refractivity (Wildman–Crippen MR) is 104 cm³/mol. The molecule has 0 radical (unpaired) electrons. The van der Waals surface area contributed by atoms with Crippen molar-refractivity contribution in [1.29, 1.82) is 0 Å². The van der Waals surface area contributed by atoms with Crippen LogP contribution in [0.25, 0.3) is 0 Å². The Morgan fingerprint density at radius 2 is 1.88 bits per heavy atom. The van der Waals surface area contributed by atoms with Gasteiger partial charge >= 0.3 is 4.87 Å². The average molecular weight is 368 g/mol. The summed E-state index contributed by atoms with van der Waals surface area (Å²) < 4.78 is 7.47. The van der Waals surface area contributed by atoms with Gasteiger partial charge in [-0.05, 0) is 37.6 Å². The van der Waals surface area contributed by atoms with E-state index >= 15 is 0 Å². The standard InChI is InChI=1S/C20H20N2O3S/c1-15-14-26-20(24)22(15)12-6-11-19(23)21-16-7-5-10-18(13-16)25-17-8-3-2-4-9-17/h2-5,7-10,13-14H,6,11-12H2,1H3,(H,21,23). The van der Waals surface area contributed by atoms with E-state index in [1.807, 2.05) is 60.8 Å². The van der Waals surface area contributed by atoms with E-state index in [9.17, 15) is 9.59 Å². The Morgan fingerprint density at radius 3 is 2.62 bits per heavy atom. The number of aromatic nitrogens is 1. The van der Waals surface area contributed by atoms with Gasteiger partial charge in [0.05, 0.1) is 0 Å². The maximum absolute atomic E-state index is 12.1. The molecule has 26 heavy (non-hydrogen) atoms. The van der Waals surface area contributed by atoms with Gasteiger partial charge in [0.15, 0.2) is 0 Å². The van der Waals surface area contributed by atoms with Crippen LogP contribution in [0.15, 0.2) is 64.8 Å². The molecule has 1 aromatic heterocycles. The lowest BCUT2D eigenvalue weighted by Crippen LogP contribution is -2.17. The zero-order valence-corrected chi connectivity index (χ0v) is 15.3. The summed E-state index contributed by atoms with van der Waals surface area (Å²) in [6.07, 6.45) is 0.967. The third-order valence-corrected chi connectivity index (χ3v) is 4.74. The van der Waals surface area contributed by atoms with Crippen molar-refractivity contribution in [1.82, 2.24) is 4.57 Å². The first-order chi connectivity index (χ1) is 12.6. The smallest absolute Gasteiger partial charge is 0.307 e. The molecular weight excluding hydrogens is 348 g/mol. The van der Waals surface area contributed by atoms with Crippen LogP contribution < -0.4 is 14.9 Å². The van der Waals surface area contributed by atoms with Crippen LogP contribution in [0.4, 0.5) is 5.69 Å². The molecule has 0 aliphatic rings. The maximum atomic E-state index is 12.1. The molecule has 2 aromatic carbocycles. The summed E-state index contributed by atoms with van der Waals surface area (Å²) in [6, 6.07) is 16.8. The molecule has 5 nitrogen and oxygen atoms in total. The Kier molecular flexibility index (Phi) is 5.86. The minimum absolute atomic E-state index is 0.0219. The first-order valence-electron chi connectivity index (χ1n) is 8.39. The molecule has 134 valence electrons. The number of carbonyl (C=O) groups excluding carboxylic acids is 1. The Bertz CT molecular complexity index is 931. The second-order valence-electron chi connectivity index (χ2n) is 5.89. The largest absolute Gasteiger partial charge is 0.457 e. The number of benzene rings is 2. The lowest BCUT2D eigenvalue weighted by Gasteiger charge is -2.09. The summed E-state index contributed by atoms with van der Waals surface area (Å²) in [5.74, 6) is 1.32. The van der Waals surface area contributed by atoms with Gasteiger partial charge in [-0.15, -0.1) is 0 Å². The third-order valence-electron chi connectivity index (χ3n) is 3.86. The van der Waals surface area contributed by atoms with Crippen LogP contribution >= 0.6 is 11.3 Å². The number of para-hydroxylation sites is 1. The van der Waals surface area contributed by atoms with E-state index in [2.05, 4.69) is 5.32 Å². The van der Waals surface area contributed by atoms with Gasteiger partial charge in [0.25, 0.3) is 0 Å². The lowest BCUT2D eigenvalue weighted by molar-refractivity contribution is -0.116. The molecule has 0 fully saturated rings. The zero-order valence-electron chi connectivity index (χ0n) is 14.5. The van der Waals surface area contributed by atoms with E-state index in [-0.39, 0.29) is 10.8 Å². The first kappa shape index (κ1) is 17.9. The number of rotatable bonds is 7. The van der Waals surface area contributed by atoms with Crippen LogP contribution in [0.2, 0.25) is 0 Å². The molecule has 3 aromatic rings. The molecule has 0 unspecified atom stereocenters. The molecule has 0 saturated carbocycles. The van der Waals surface area contributed by atoms with Crippen molar-refractivity contribution in [3.05, 3.63) is 75.3 Å². The molecule has 0 atom stereocenters. The van der Waals surface area contributed by atoms with Gasteiger partial charge in [0.1, 0.15) is 11.5 Å². The summed E-state index contributed by atoms with van der Waals surface area (Å²) in [5, 5.41) is 4.71. The summed E-state index contributed by atoms with van der Waals surface area (Å²) in [6.45, 7) is 2.45. The number of hydrogen-bond donors (Lipinski definition) is 1. The fourth-order valence-electron chi connectivity index (χ4n) is 2.56. The van der Waals surface area contributed by atoms with E-state index < -0.39 is 0 Å². The summed E-state index contributed by atoms with van der Waals surface area (Å²) >= 11 is 1.19. The Hall–Kier alpha value is -2.86. The molecule has 0 aliphatic heterocycles. The molecule has 6 heteroatoms. The molecule has 0 saturated heterocycles. The minimum atomic E-state index is -0.0807. The number of aryl methyl sites for hydroxylation is 1. The van der Waals surface area contributed by atoms with Crippen LogP contribution in [0.3, 0.4) is 0 Å². The molecule has 3 rings (SSSR count). The quantitative estimate of drug-likeness (QED) is 0.671. The Morgan fingerprint density at radius 1 is 1.12 bits per heavy atom. The number of nitrogens with zero attached hydrogens (tertiary/aromatic N) is 1. The second kappa shape index (κ2) is 8.49. The van der Waals surface area contributed by atoms with E-state index in [4.69, 9.17) is 4.74 Å². The van der Waals surface area contributed by atoms with Crippen molar-refractivity contribution in [3.8, 4) is 11.5 Å². The van der Waals surface area contributed by atoms with Crippen molar-refractivity contribution in [2.24, 2.45) is 0 Å². The third kappa shape index (κ3) is 4.83. The second-order valence-corrected chi connectivity index (χ2v) is 6.71. The Labute approximate surface area is 155 Å². The van der Waals surface area contributed by atoms with E-state index in [1.165, 1.54) is 11.3 Å². The summed E-state index contributed by atoms with van der Waals surface area (Å²) in [4.78, 5) is 23.8. The minimum Gasteiger partial charge on any atom is -0.457 e. The topological polar surface area (TPSA) is 60.3 Å². The van der Waals surface area contributed by atoms with Crippen molar-refractivity contribution >= 4 is 22.9 Å². The zero-order chi connectivity index (χ0) is 18.4. The van der Waals surface area contributed by atoms with Crippen LogP contribution in [0.5, 0.6) is 11.5 Å². The fourth-order valence-corrected chi connectivity index (χ4v) is 3.32. The highest BCUT2D eigenvalue weighted by Gasteiger charge is 2.06. The molecule has 0 spiro atoms. The van der Waals surface area contributed by atoms with E-state index in [0.717, 1.165) is 11.4 Å². The van der Waals surface area contributed by atoms with Gasteiger partial charge in [0.2, 0.25) is 5.91 Å². The highest BCUT2D eigenvalue weighted by Crippen LogP contribution is 2.23. The molecule has 1 heterocycles. The van der Waals surface area contributed by atoms with Gasteiger partial charge in [-0.3, -0.25) is 9.59 Å². The summed E-state index contributed by atoms with van der Waals surface area (Å²) in [7, 11) is 0. The highest BCUT2D eigenvalue weighted by molar-refractivity contribution is 7.07. The average Bonchev–Trinajstić information content (AvgIpc) is 2.95. The summed E-state index contributed by atoms with van der Waals surface area (Å²) in [5.41, 5.74) is 1.62. The monoisotopic (exact) mass is 368 g/mol. The fraction of sp³-hybridized carbons (Fsp3) is 0.200. The van der Waals surface area contributed by atoms with Crippen LogP contribution in [0, 0.1) is 6.92 Å². The van der Waals surface area contributed by atoms with Gasteiger partial charge in [0, 0.05) is 35.8 Å². The SMILES string of the molecule is Cc1csc(=O)n1CCCC(=O)Nc1cccc(Oc2ccccc2)c1. The Balaban J connectivity index is 1.52. The highest BCUT2D eigenvalue weighted by atomic mass is 32.1. The number of anilines is 1. The normalized spacial score (nSPS) is 10.5. The van der Waals surface area contributed by atoms with Gasteiger partial charge in [-0.1, -0.05) is 35.6 Å². The molecule has 1 amide bonds. The molecular formula is C20H20N2O3S. The molecule has 1 N–H and O–H groups in total. The predicted octanol–water partition coefficient (Wildman–Crippen LogP) is 4.43. The molecule has 0 bridgehead atoms. The number of hydrogen-bond acceptors (Lipinski definition) is 4. The van der Waals surface area contributed by atoms with Gasteiger partial charge in [-0.2, -0.15) is 0 Å². The van der Waals surface area contributed by atoms with Crippen molar-refractivity contribution < 1.29 is 9.53 Å². The number of amides is 1. The maximum Gasteiger partial charge on any atom is 0.307 e.